The Balaban J connectivity index is 0. The highest BCUT2D eigenvalue weighted by Crippen LogP contribution is 2.22. The number of nitrogens with two attached hydrogens (primary N) is 1. The number of rotatable bonds is 0. The molecule has 0 spiro atoms. The molecule has 0 unspecified atom stereocenters. The van der Waals surface area contributed by atoms with Crippen LogP contribution in [0.1, 0.15) is 98.8 Å². The van der Waals surface area contributed by atoms with E-state index >= 15 is 0 Å². The largest absolute Gasteiger partial charge is 0.328 e. The first-order valence-corrected chi connectivity index (χ1v) is 8.54. The molecule has 0 bridgehead atoms. The second-order valence-electron chi connectivity index (χ2n) is 5.14. The maximum atomic E-state index is 5.63. The second kappa shape index (κ2) is 17.0. The molecule has 18 heavy (non-hydrogen) atoms. The lowest BCUT2D eigenvalue weighted by molar-refractivity contribution is 0.385. The molecule has 0 radical (unpaired) electrons. The summed E-state index contributed by atoms with van der Waals surface area (Å²) in [6.45, 7) is 10.4. The van der Waals surface area contributed by atoms with Gasteiger partial charge in [-0.05, 0) is 18.8 Å². The summed E-state index contributed by atoms with van der Waals surface area (Å²) in [7, 11) is 0. The van der Waals surface area contributed by atoms with Gasteiger partial charge in [0.2, 0.25) is 0 Å². The highest BCUT2D eigenvalue weighted by Gasteiger charge is 2.06. The summed E-state index contributed by atoms with van der Waals surface area (Å²) in [4.78, 5) is 0. The Kier molecular flexibility index (Phi) is 19.1. The van der Waals surface area contributed by atoms with Crippen LogP contribution in [0, 0.1) is 5.92 Å². The van der Waals surface area contributed by atoms with Gasteiger partial charge in [0.15, 0.2) is 0 Å². The van der Waals surface area contributed by atoms with Gasteiger partial charge in [-0.25, -0.2) is 0 Å². The van der Waals surface area contributed by atoms with Crippen LogP contribution in [0.4, 0.5) is 0 Å². The molecule has 0 aromatic carbocycles. The molecular formula is C17H39N. The van der Waals surface area contributed by atoms with Crippen molar-refractivity contribution >= 4 is 0 Å². The summed E-state index contributed by atoms with van der Waals surface area (Å²) in [5.74, 6) is 1.04. The average Bonchev–Trinajstić information content (AvgIpc) is 2.46. The van der Waals surface area contributed by atoms with Crippen molar-refractivity contribution in [3.63, 3.8) is 0 Å². The minimum Gasteiger partial charge on any atom is -0.328 e. The molecule has 0 atom stereocenters. The van der Waals surface area contributed by atoms with Gasteiger partial charge in [-0.1, -0.05) is 86.0 Å². The maximum Gasteiger partial charge on any atom is 0.00388 e. The normalized spacial score (nSPS) is 20.3. The van der Waals surface area contributed by atoms with Crippen molar-refractivity contribution in [3.8, 4) is 0 Å². The van der Waals surface area contributed by atoms with E-state index in [-0.39, 0.29) is 0 Å². The molecule has 0 aromatic heterocycles. The Labute approximate surface area is 117 Å². The van der Waals surface area contributed by atoms with E-state index < -0.39 is 0 Å². The third kappa shape index (κ3) is 14.0. The highest BCUT2D eigenvalue weighted by molar-refractivity contribution is 4.66. The lowest BCUT2D eigenvalue weighted by Gasteiger charge is -2.15. The first kappa shape index (κ1) is 20.3. The fourth-order valence-electron chi connectivity index (χ4n) is 2.44. The first-order chi connectivity index (χ1) is 8.79. The van der Waals surface area contributed by atoms with Gasteiger partial charge in [0, 0.05) is 6.04 Å². The van der Waals surface area contributed by atoms with E-state index in [9.17, 15) is 0 Å². The van der Waals surface area contributed by atoms with Gasteiger partial charge in [0.05, 0.1) is 0 Å². The van der Waals surface area contributed by atoms with E-state index in [2.05, 4.69) is 6.92 Å². The van der Waals surface area contributed by atoms with Crippen LogP contribution in [0.5, 0.6) is 0 Å². The van der Waals surface area contributed by atoms with E-state index in [0.717, 1.165) is 5.92 Å². The predicted molar refractivity (Wildman–Crippen MR) is 86.0 cm³/mol. The maximum absolute atomic E-state index is 5.63. The summed E-state index contributed by atoms with van der Waals surface area (Å²) in [5.41, 5.74) is 5.63. The zero-order valence-corrected chi connectivity index (χ0v) is 13.8. The molecule has 0 aliphatic heterocycles. The summed E-state index contributed by atoms with van der Waals surface area (Å²) < 4.78 is 0. The molecule has 1 nitrogen and oxygen atoms in total. The van der Waals surface area contributed by atoms with Crippen LogP contribution in [0.3, 0.4) is 0 Å². The predicted octanol–water partition coefficient (Wildman–Crippen LogP) is 5.92. The Morgan fingerprint density at radius 3 is 1.11 bits per heavy atom. The quantitative estimate of drug-likeness (QED) is 0.573. The fraction of sp³-hybridized carbons (Fsp3) is 1.00. The van der Waals surface area contributed by atoms with Crippen LogP contribution >= 0.6 is 0 Å². The van der Waals surface area contributed by atoms with Crippen LogP contribution < -0.4 is 5.73 Å². The zero-order valence-electron chi connectivity index (χ0n) is 13.8. The van der Waals surface area contributed by atoms with Crippen molar-refractivity contribution < 1.29 is 0 Å². The van der Waals surface area contributed by atoms with Gasteiger partial charge in [-0.15, -0.1) is 0 Å². The van der Waals surface area contributed by atoms with Crippen molar-refractivity contribution in [3.05, 3.63) is 0 Å². The standard InChI is InChI=1S/C7H14.C6H13N.2C2H6/c1-7-5-3-2-4-6-7;7-6-4-2-1-3-5-6;2*1-2/h7H,2-6H2,1H3;6H,1-5,7H2;2*1-2H3. The molecule has 2 aliphatic rings. The minimum absolute atomic E-state index is 0.536. The molecule has 2 saturated carbocycles. The van der Waals surface area contributed by atoms with E-state index in [0.29, 0.717) is 6.04 Å². The van der Waals surface area contributed by atoms with E-state index in [1.807, 2.05) is 27.7 Å². The third-order valence-electron chi connectivity index (χ3n) is 3.54. The molecule has 2 aliphatic carbocycles. The van der Waals surface area contributed by atoms with Crippen LogP contribution in [-0.2, 0) is 0 Å². The summed E-state index contributed by atoms with van der Waals surface area (Å²) in [6, 6.07) is 0.536. The zero-order chi connectivity index (χ0) is 14.2. The van der Waals surface area contributed by atoms with Crippen LogP contribution in [0.2, 0.25) is 0 Å². The highest BCUT2D eigenvalue weighted by atomic mass is 14.6. The molecule has 2 N–H and O–H groups in total. The molecule has 2 fully saturated rings. The van der Waals surface area contributed by atoms with E-state index in [1.54, 1.807) is 0 Å². The Hall–Kier alpha value is -0.0400. The SMILES string of the molecule is CC.CC.CC1CCCCC1.NC1CCCCC1. The van der Waals surface area contributed by atoms with E-state index in [4.69, 9.17) is 5.73 Å². The Bertz CT molecular complexity index is 106. The first-order valence-electron chi connectivity index (χ1n) is 8.54. The molecular weight excluding hydrogens is 218 g/mol. The monoisotopic (exact) mass is 257 g/mol. The molecule has 0 amide bonds. The van der Waals surface area contributed by atoms with Gasteiger partial charge < -0.3 is 5.73 Å². The Morgan fingerprint density at radius 2 is 0.944 bits per heavy atom. The lowest BCUT2D eigenvalue weighted by atomic mass is 9.91. The van der Waals surface area contributed by atoms with Gasteiger partial charge in [-0.3, -0.25) is 0 Å². The van der Waals surface area contributed by atoms with Crippen molar-refractivity contribution in [1.29, 1.82) is 0 Å². The van der Waals surface area contributed by atoms with Gasteiger partial charge in [0.25, 0.3) is 0 Å². The van der Waals surface area contributed by atoms with Gasteiger partial charge >= 0.3 is 0 Å². The molecule has 112 valence electrons. The van der Waals surface area contributed by atoms with Gasteiger partial charge in [-0.2, -0.15) is 0 Å². The Morgan fingerprint density at radius 1 is 0.611 bits per heavy atom. The lowest BCUT2D eigenvalue weighted by Crippen LogP contribution is -2.22. The molecule has 0 heterocycles. The fourth-order valence-corrected chi connectivity index (χ4v) is 2.44. The molecule has 2 rings (SSSR count). The van der Waals surface area contributed by atoms with Crippen LogP contribution in [0.25, 0.3) is 0 Å². The second-order valence-corrected chi connectivity index (χ2v) is 5.14. The third-order valence-corrected chi connectivity index (χ3v) is 3.54. The topological polar surface area (TPSA) is 26.0 Å². The van der Waals surface area contributed by atoms with Crippen molar-refractivity contribution in [2.75, 3.05) is 0 Å². The van der Waals surface area contributed by atoms with Crippen LogP contribution in [-0.4, -0.2) is 6.04 Å². The average molecular weight is 258 g/mol. The van der Waals surface area contributed by atoms with Crippen molar-refractivity contribution in [1.82, 2.24) is 0 Å². The number of hydrogen-bond acceptors (Lipinski definition) is 1. The molecule has 0 aromatic rings. The molecule has 1 heteroatoms. The summed E-state index contributed by atoms with van der Waals surface area (Å²) in [6.07, 6.45) is 14.1. The van der Waals surface area contributed by atoms with Crippen molar-refractivity contribution in [2.24, 2.45) is 11.7 Å². The number of hydrogen-bond donors (Lipinski definition) is 1. The summed E-state index contributed by atoms with van der Waals surface area (Å²) in [5, 5.41) is 0. The van der Waals surface area contributed by atoms with E-state index in [1.165, 1.54) is 64.2 Å². The molecule has 0 saturated heterocycles. The van der Waals surface area contributed by atoms with Gasteiger partial charge in [0.1, 0.15) is 0 Å². The van der Waals surface area contributed by atoms with Crippen LogP contribution in [0.15, 0.2) is 0 Å². The van der Waals surface area contributed by atoms with Crippen molar-refractivity contribution in [2.45, 2.75) is 105 Å². The minimum atomic E-state index is 0.536. The smallest absolute Gasteiger partial charge is 0.00388 e. The summed E-state index contributed by atoms with van der Waals surface area (Å²) >= 11 is 0.